The van der Waals surface area contributed by atoms with E-state index < -0.39 is 17.7 Å². The van der Waals surface area contributed by atoms with Crippen LogP contribution in [-0.2, 0) is 9.59 Å². The smallest absolute Gasteiger partial charge is 0.296 e. The molecule has 1 unspecified atom stereocenters. The van der Waals surface area contributed by atoms with Crippen molar-refractivity contribution in [2.75, 3.05) is 13.7 Å². The molecule has 136 valence electrons. The summed E-state index contributed by atoms with van der Waals surface area (Å²) in [6.45, 7) is -0.329. The quantitative estimate of drug-likeness (QED) is 0.373. The highest BCUT2D eigenvalue weighted by atomic mass is 16.5. The summed E-state index contributed by atoms with van der Waals surface area (Å²) >= 11 is 0. The number of phenolic OH excluding ortho intramolecular Hbond substituents is 1. The van der Waals surface area contributed by atoms with Crippen molar-refractivity contribution in [3.63, 3.8) is 0 Å². The van der Waals surface area contributed by atoms with Gasteiger partial charge >= 0.3 is 0 Å². The van der Waals surface area contributed by atoms with Gasteiger partial charge in [-0.15, -0.1) is 0 Å². The number of nitriles is 1. The minimum atomic E-state index is -0.973. The third-order valence-corrected chi connectivity index (χ3v) is 4.35. The minimum Gasteiger partial charge on any atom is -0.507 e. The topological polar surface area (TPSA) is 111 Å². The number of carbonyl (C=O) groups is 2. The lowest BCUT2D eigenvalue weighted by molar-refractivity contribution is -0.139. The number of aromatic hydroxyl groups is 1. The molecule has 3 rings (SSSR count). The first-order valence-electron chi connectivity index (χ1n) is 8.07. The summed E-state index contributed by atoms with van der Waals surface area (Å²) in [4.78, 5) is 26.1. The summed E-state index contributed by atoms with van der Waals surface area (Å²) in [6.07, 6.45) is 0. The lowest BCUT2D eigenvalue weighted by atomic mass is 9.95. The van der Waals surface area contributed by atoms with Gasteiger partial charge in [-0.3, -0.25) is 9.59 Å². The van der Waals surface area contributed by atoms with E-state index in [4.69, 9.17) is 10.00 Å². The number of benzene rings is 2. The Hall–Kier alpha value is -3.79. The second kappa shape index (κ2) is 7.22. The molecule has 0 aliphatic carbocycles. The van der Waals surface area contributed by atoms with Gasteiger partial charge in [0.05, 0.1) is 24.8 Å². The zero-order valence-electron chi connectivity index (χ0n) is 14.4. The number of ketones is 1. The van der Waals surface area contributed by atoms with Crippen molar-refractivity contribution in [2.45, 2.75) is 6.04 Å². The number of amides is 1. The summed E-state index contributed by atoms with van der Waals surface area (Å²) in [5.74, 6) is -2.03. The zero-order chi connectivity index (χ0) is 19.6. The van der Waals surface area contributed by atoms with Crippen LogP contribution >= 0.6 is 0 Å². The number of likely N-dealkylation sites (tertiary alicyclic amines) is 1. The van der Waals surface area contributed by atoms with E-state index in [0.29, 0.717) is 11.1 Å². The van der Waals surface area contributed by atoms with Crippen molar-refractivity contribution in [3.8, 4) is 17.6 Å². The SMILES string of the molecule is COc1cc(C2C(=C(O)c3ccccc3)C(=O)C(=O)N2CC#N)ccc1O. The zero-order valence-corrected chi connectivity index (χ0v) is 14.4. The maximum absolute atomic E-state index is 12.6. The number of aliphatic hydroxyl groups excluding tert-OH is 1. The van der Waals surface area contributed by atoms with Gasteiger partial charge in [-0.25, -0.2) is 0 Å². The first-order valence-corrected chi connectivity index (χ1v) is 8.07. The van der Waals surface area contributed by atoms with E-state index in [2.05, 4.69) is 0 Å². The number of nitrogens with zero attached hydrogens (tertiary/aromatic N) is 2. The Morgan fingerprint density at radius 1 is 1.22 bits per heavy atom. The molecule has 0 spiro atoms. The van der Waals surface area contributed by atoms with Gasteiger partial charge in [0, 0.05) is 5.56 Å². The molecule has 0 radical (unpaired) electrons. The van der Waals surface area contributed by atoms with Gasteiger partial charge in [0.1, 0.15) is 12.3 Å². The van der Waals surface area contributed by atoms with E-state index in [9.17, 15) is 19.8 Å². The fraction of sp³-hybridized carbons (Fsp3) is 0.150. The van der Waals surface area contributed by atoms with Crippen LogP contribution in [0, 0.1) is 11.3 Å². The van der Waals surface area contributed by atoms with Gasteiger partial charge in [0.15, 0.2) is 11.5 Å². The second-order valence-electron chi connectivity index (χ2n) is 5.88. The predicted octanol–water partition coefficient (Wildman–Crippen LogP) is 2.35. The molecule has 2 aromatic carbocycles. The normalized spacial score (nSPS) is 18.4. The van der Waals surface area contributed by atoms with Gasteiger partial charge < -0.3 is 19.8 Å². The maximum Gasteiger partial charge on any atom is 0.296 e. The molecule has 1 atom stereocenters. The average Bonchev–Trinajstić information content (AvgIpc) is 2.94. The summed E-state index contributed by atoms with van der Waals surface area (Å²) < 4.78 is 5.09. The van der Waals surface area contributed by atoms with Crippen LogP contribution in [0.4, 0.5) is 0 Å². The van der Waals surface area contributed by atoms with Crippen LogP contribution in [0.5, 0.6) is 11.5 Å². The molecule has 1 saturated heterocycles. The second-order valence-corrected chi connectivity index (χ2v) is 5.88. The van der Waals surface area contributed by atoms with E-state index >= 15 is 0 Å². The third kappa shape index (κ3) is 3.09. The fourth-order valence-electron chi connectivity index (χ4n) is 3.08. The number of hydrogen-bond acceptors (Lipinski definition) is 6. The Bertz CT molecular complexity index is 976. The van der Waals surface area contributed by atoms with Gasteiger partial charge in [-0.2, -0.15) is 5.26 Å². The highest BCUT2D eigenvalue weighted by molar-refractivity contribution is 6.46. The van der Waals surface area contributed by atoms with Crippen LogP contribution in [-0.4, -0.2) is 40.5 Å². The van der Waals surface area contributed by atoms with Crippen molar-refractivity contribution in [3.05, 3.63) is 65.2 Å². The average molecular weight is 364 g/mol. The third-order valence-electron chi connectivity index (χ3n) is 4.35. The summed E-state index contributed by atoms with van der Waals surface area (Å²) in [7, 11) is 1.37. The van der Waals surface area contributed by atoms with Crippen molar-refractivity contribution >= 4 is 17.4 Å². The molecule has 1 fully saturated rings. The van der Waals surface area contributed by atoms with Gasteiger partial charge in [-0.05, 0) is 17.7 Å². The lowest BCUT2D eigenvalue weighted by Gasteiger charge is -2.23. The summed E-state index contributed by atoms with van der Waals surface area (Å²) in [5.41, 5.74) is 0.689. The molecular formula is C20H16N2O5. The van der Waals surface area contributed by atoms with Gasteiger partial charge in [-0.1, -0.05) is 36.4 Å². The first kappa shape index (κ1) is 18.0. The summed E-state index contributed by atoms with van der Waals surface area (Å²) in [5, 5.41) is 29.6. The number of rotatable bonds is 4. The molecular weight excluding hydrogens is 348 g/mol. The molecule has 1 heterocycles. The van der Waals surface area contributed by atoms with Crippen LogP contribution < -0.4 is 4.74 Å². The lowest BCUT2D eigenvalue weighted by Crippen LogP contribution is -2.30. The van der Waals surface area contributed by atoms with E-state index in [0.717, 1.165) is 4.90 Å². The molecule has 1 amide bonds. The number of Topliss-reactive ketones (excluding diaryl/α,β-unsaturated/α-hetero) is 1. The monoisotopic (exact) mass is 364 g/mol. The molecule has 0 bridgehead atoms. The van der Waals surface area contributed by atoms with Gasteiger partial charge in [0.25, 0.3) is 11.7 Å². The molecule has 2 aromatic rings. The molecule has 27 heavy (non-hydrogen) atoms. The largest absolute Gasteiger partial charge is 0.507 e. The highest BCUT2D eigenvalue weighted by Crippen LogP contribution is 2.41. The number of carbonyl (C=O) groups excluding carboxylic acids is 2. The Morgan fingerprint density at radius 3 is 2.56 bits per heavy atom. The first-order chi connectivity index (χ1) is 13.0. The Kier molecular flexibility index (Phi) is 4.81. The molecule has 7 nitrogen and oxygen atoms in total. The van der Waals surface area contributed by atoms with Crippen LogP contribution in [0.25, 0.3) is 5.76 Å². The Balaban J connectivity index is 2.23. The van der Waals surface area contributed by atoms with E-state index in [-0.39, 0.29) is 29.4 Å². The van der Waals surface area contributed by atoms with Crippen LogP contribution in [0.3, 0.4) is 0 Å². The number of methoxy groups -OCH3 is 1. The Labute approximate surface area is 155 Å². The number of hydrogen-bond donors (Lipinski definition) is 2. The maximum atomic E-state index is 12.6. The predicted molar refractivity (Wildman–Crippen MR) is 95.7 cm³/mol. The standard InChI is InChI=1S/C20H16N2O5/c1-27-15-11-13(7-8-14(15)23)17-16(18(24)12-5-3-2-4-6-12)19(25)20(26)22(17)10-9-21/h2-8,11,17,23-24H,10H2,1H3. The van der Waals surface area contributed by atoms with Crippen LogP contribution in [0.2, 0.25) is 0 Å². The highest BCUT2D eigenvalue weighted by Gasteiger charge is 2.46. The number of ether oxygens (including phenoxy) is 1. The molecule has 0 aromatic heterocycles. The van der Waals surface area contributed by atoms with Crippen molar-refractivity contribution < 1.29 is 24.5 Å². The molecule has 7 heteroatoms. The molecule has 0 saturated carbocycles. The number of phenols is 1. The van der Waals surface area contributed by atoms with E-state index in [1.165, 1.54) is 25.3 Å². The van der Waals surface area contributed by atoms with Crippen LogP contribution in [0.1, 0.15) is 17.2 Å². The van der Waals surface area contributed by atoms with Crippen LogP contribution in [0.15, 0.2) is 54.1 Å². The minimum absolute atomic E-state index is 0.110. The van der Waals surface area contributed by atoms with Crippen molar-refractivity contribution in [1.29, 1.82) is 5.26 Å². The fourth-order valence-corrected chi connectivity index (χ4v) is 3.08. The Morgan fingerprint density at radius 2 is 1.93 bits per heavy atom. The number of aliphatic hydroxyl groups is 1. The summed E-state index contributed by atoms with van der Waals surface area (Å²) in [6, 6.07) is 13.6. The molecule has 2 N–H and O–H groups in total. The molecule has 1 aliphatic rings. The van der Waals surface area contributed by atoms with Gasteiger partial charge in [0.2, 0.25) is 0 Å². The van der Waals surface area contributed by atoms with E-state index in [1.807, 2.05) is 6.07 Å². The molecule has 1 aliphatic heterocycles. The van der Waals surface area contributed by atoms with E-state index in [1.54, 1.807) is 30.3 Å². The van der Waals surface area contributed by atoms with Crippen molar-refractivity contribution in [1.82, 2.24) is 4.90 Å². The van der Waals surface area contributed by atoms with Crippen molar-refractivity contribution in [2.24, 2.45) is 0 Å².